The highest BCUT2D eigenvalue weighted by Crippen LogP contribution is 2.20. The van der Waals surface area contributed by atoms with Crippen molar-refractivity contribution in [3.8, 4) is 5.75 Å². The molecular weight excluding hydrogens is 206 g/mol. The molecule has 0 aliphatic carbocycles. The van der Waals surface area contributed by atoms with Crippen LogP contribution >= 0.6 is 0 Å². The summed E-state index contributed by atoms with van der Waals surface area (Å²) in [4.78, 5) is 11.4. The van der Waals surface area contributed by atoms with Gasteiger partial charge < -0.3 is 15.5 Å². The first-order valence-electron chi connectivity index (χ1n) is 5.34. The van der Waals surface area contributed by atoms with Gasteiger partial charge in [0, 0.05) is 18.7 Å². The van der Waals surface area contributed by atoms with Crippen molar-refractivity contribution in [3.05, 3.63) is 23.8 Å². The Kier molecular flexibility index (Phi) is 4.79. The molecular formula is C12H17NO3. The monoisotopic (exact) mass is 223 g/mol. The number of aryl methyl sites for hydroxylation is 1. The van der Waals surface area contributed by atoms with E-state index in [1.54, 1.807) is 25.1 Å². The molecule has 0 spiro atoms. The fourth-order valence-corrected chi connectivity index (χ4v) is 1.35. The van der Waals surface area contributed by atoms with E-state index in [4.69, 9.17) is 5.11 Å². The molecule has 0 aliphatic rings. The third-order valence-corrected chi connectivity index (χ3v) is 2.29. The number of aromatic hydroxyl groups is 1. The molecule has 0 heterocycles. The third-order valence-electron chi connectivity index (χ3n) is 2.29. The molecule has 88 valence electrons. The van der Waals surface area contributed by atoms with Crippen LogP contribution in [0.5, 0.6) is 5.75 Å². The smallest absolute Gasteiger partial charge is 0.224 e. The standard InChI is InChI=1S/C12H17NO3/c1-9-8-10(5-6-11(9)15)13-12(16)4-2-3-7-14/h5-6,8,14-15H,2-4,7H2,1H3,(H,13,16). The number of aliphatic hydroxyl groups excluding tert-OH is 1. The van der Waals surface area contributed by atoms with Crippen molar-refractivity contribution >= 4 is 11.6 Å². The zero-order chi connectivity index (χ0) is 12.0. The van der Waals surface area contributed by atoms with Gasteiger partial charge in [-0.3, -0.25) is 4.79 Å². The average molecular weight is 223 g/mol. The van der Waals surface area contributed by atoms with E-state index in [1.165, 1.54) is 0 Å². The van der Waals surface area contributed by atoms with Crippen LogP contribution in [-0.4, -0.2) is 22.7 Å². The molecule has 1 rings (SSSR count). The molecule has 0 saturated heterocycles. The minimum atomic E-state index is -0.0708. The predicted molar refractivity (Wildman–Crippen MR) is 62.4 cm³/mol. The molecule has 0 atom stereocenters. The van der Waals surface area contributed by atoms with Gasteiger partial charge in [0.05, 0.1) is 0 Å². The lowest BCUT2D eigenvalue weighted by atomic mass is 10.2. The predicted octanol–water partition coefficient (Wildman–Crippen LogP) is 1.80. The number of hydrogen-bond acceptors (Lipinski definition) is 3. The van der Waals surface area contributed by atoms with Crippen LogP contribution in [0.3, 0.4) is 0 Å². The van der Waals surface area contributed by atoms with E-state index in [9.17, 15) is 9.90 Å². The molecule has 0 radical (unpaired) electrons. The Morgan fingerprint density at radius 2 is 2.12 bits per heavy atom. The van der Waals surface area contributed by atoms with Gasteiger partial charge in [0.25, 0.3) is 0 Å². The molecule has 0 saturated carbocycles. The zero-order valence-corrected chi connectivity index (χ0v) is 9.36. The Labute approximate surface area is 94.9 Å². The fraction of sp³-hybridized carbons (Fsp3) is 0.417. The maximum Gasteiger partial charge on any atom is 0.224 e. The normalized spacial score (nSPS) is 10.1. The number of anilines is 1. The summed E-state index contributed by atoms with van der Waals surface area (Å²) in [5.41, 5.74) is 1.41. The molecule has 4 heteroatoms. The minimum Gasteiger partial charge on any atom is -0.508 e. The summed E-state index contributed by atoms with van der Waals surface area (Å²) in [6.07, 6.45) is 1.72. The topological polar surface area (TPSA) is 69.6 Å². The summed E-state index contributed by atoms with van der Waals surface area (Å²) < 4.78 is 0. The summed E-state index contributed by atoms with van der Waals surface area (Å²) in [6, 6.07) is 4.93. The molecule has 1 aromatic rings. The summed E-state index contributed by atoms with van der Waals surface area (Å²) in [6.45, 7) is 1.89. The molecule has 1 amide bonds. The van der Waals surface area contributed by atoms with E-state index in [1.807, 2.05) is 0 Å². The zero-order valence-electron chi connectivity index (χ0n) is 9.36. The van der Waals surface area contributed by atoms with E-state index in [0.717, 1.165) is 5.56 Å². The number of nitrogens with one attached hydrogen (secondary N) is 1. The Hall–Kier alpha value is -1.55. The number of carbonyl (C=O) groups excluding carboxylic acids is 1. The molecule has 3 N–H and O–H groups in total. The van der Waals surface area contributed by atoms with E-state index in [0.29, 0.717) is 24.9 Å². The van der Waals surface area contributed by atoms with Crippen LogP contribution in [0.15, 0.2) is 18.2 Å². The first-order valence-corrected chi connectivity index (χ1v) is 5.34. The number of benzene rings is 1. The lowest BCUT2D eigenvalue weighted by molar-refractivity contribution is -0.116. The number of unbranched alkanes of at least 4 members (excludes halogenated alkanes) is 1. The van der Waals surface area contributed by atoms with Gasteiger partial charge in [-0.15, -0.1) is 0 Å². The number of amides is 1. The van der Waals surface area contributed by atoms with E-state index < -0.39 is 0 Å². The lowest BCUT2D eigenvalue weighted by Gasteiger charge is -2.06. The third kappa shape index (κ3) is 3.90. The van der Waals surface area contributed by atoms with Crippen molar-refractivity contribution < 1.29 is 15.0 Å². The van der Waals surface area contributed by atoms with Gasteiger partial charge in [-0.25, -0.2) is 0 Å². The molecule has 0 aliphatic heterocycles. The number of phenols is 1. The van der Waals surface area contributed by atoms with Crippen molar-refractivity contribution in [1.29, 1.82) is 0 Å². The molecule has 0 aromatic heterocycles. The highest BCUT2D eigenvalue weighted by molar-refractivity contribution is 5.90. The van der Waals surface area contributed by atoms with Gasteiger partial charge in [-0.2, -0.15) is 0 Å². The van der Waals surface area contributed by atoms with Crippen molar-refractivity contribution in [1.82, 2.24) is 0 Å². The van der Waals surface area contributed by atoms with Crippen molar-refractivity contribution in [2.75, 3.05) is 11.9 Å². The van der Waals surface area contributed by atoms with Crippen molar-refractivity contribution in [3.63, 3.8) is 0 Å². The van der Waals surface area contributed by atoms with Crippen LogP contribution in [0.1, 0.15) is 24.8 Å². The second-order valence-electron chi connectivity index (χ2n) is 3.73. The SMILES string of the molecule is Cc1cc(NC(=O)CCCCO)ccc1O. The highest BCUT2D eigenvalue weighted by atomic mass is 16.3. The van der Waals surface area contributed by atoms with Crippen LogP contribution in [0.4, 0.5) is 5.69 Å². The number of carbonyl (C=O) groups is 1. The van der Waals surface area contributed by atoms with Gasteiger partial charge >= 0.3 is 0 Å². The molecule has 0 bridgehead atoms. The van der Waals surface area contributed by atoms with Crippen LogP contribution in [0.25, 0.3) is 0 Å². The van der Waals surface area contributed by atoms with Crippen LogP contribution in [0, 0.1) is 6.92 Å². The first kappa shape index (κ1) is 12.5. The average Bonchev–Trinajstić information content (AvgIpc) is 2.24. The molecule has 4 nitrogen and oxygen atoms in total. The fourth-order valence-electron chi connectivity index (χ4n) is 1.35. The van der Waals surface area contributed by atoms with E-state index >= 15 is 0 Å². The Bertz CT molecular complexity index is 363. The Morgan fingerprint density at radius 1 is 1.38 bits per heavy atom. The largest absolute Gasteiger partial charge is 0.508 e. The Morgan fingerprint density at radius 3 is 2.75 bits per heavy atom. The molecule has 1 aromatic carbocycles. The van der Waals surface area contributed by atoms with Gasteiger partial charge in [0.1, 0.15) is 5.75 Å². The maximum absolute atomic E-state index is 11.4. The summed E-state index contributed by atoms with van der Waals surface area (Å²) >= 11 is 0. The van der Waals surface area contributed by atoms with E-state index in [2.05, 4.69) is 5.32 Å². The van der Waals surface area contributed by atoms with Crippen LogP contribution in [0.2, 0.25) is 0 Å². The number of aliphatic hydroxyl groups is 1. The minimum absolute atomic E-state index is 0.0708. The van der Waals surface area contributed by atoms with Gasteiger partial charge in [0.15, 0.2) is 0 Å². The van der Waals surface area contributed by atoms with Crippen molar-refractivity contribution in [2.45, 2.75) is 26.2 Å². The van der Waals surface area contributed by atoms with Crippen molar-refractivity contribution in [2.24, 2.45) is 0 Å². The van der Waals surface area contributed by atoms with E-state index in [-0.39, 0.29) is 18.3 Å². The maximum atomic E-state index is 11.4. The molecule has 16 heavy (non-hydrogen) atoms. The molecule has 0 unspecified atom stereocenters. The first-order chi connectivity index (χ1) is 7.63. The quantitative estimate of drug-likeness (QED) is 0.526. The summed E-state index contributed by atoms with van der Waals surface area (Å²) in [7, 11) is 0. The van der Waals surface area contributed by atoms with Crippen LogP contribution in [-0.2, 0) is 4.79 Å². The van der Waals surface area contributed by atoms with Crippen LogP contribution < -0.4 is 5.32 Å². The number of phenolic OH excluding ortho intramolecular Hbond substituents is 1. The Balaban J connectivity index is 2.46. The molecule has 0 fully saturated rings. The second-order valence-corrected chi connectivity index (χ2v) is 3.73. The highest BCUT2D eigenvalue weighted by Gasteiger charge is 2.03. The number of hydrogen-bond donors (Lipinski definition) is 3. The summed E-state index contributed by atoms with van der Waals surface area (Å²) in [5.74, 6) is 0.150. The second kappa shape index (κ2) is 6.12. The van der Waals surface area contributed by atoms with Gasteiger partial charge in [-0.05, 0) is 43.5 Å². The summed E-state index contributed by atoms with van der Waals surface area (Å²) in [5, 5.41) is 20.6. The van der Waals surface area contributed by atoms with Gasteiger partial charge in [0.2, 0.25) is 5.91 Å². The lowest BCUT2D eigenvalue weighted by Crippen LogP contribution is -2.11. The number of rotatable bonds is 5. The van der Waals surface area contributed by atoms with Gasteiger partial charge in [-0.1, -0.05) is 0 Å².